The van der Waals surface area contributed by atoms with Gasteiger partial charge in [-0.05, 0) is 30.3 Å². The number of thiophene rings is 1. The fourth-order valence-electron chi connectivity index (χ4n) is 2.24. The van der Waals surface area contributed by atoms with Gasteiger partial charge in [0.1, 0.15) is 0 Å². The van der Waals surface area contributed by atoms with Gasteiger partial charge in [0.2, 0.25) is 0 Å². The molecular weight excluding hydrogens is 399 g/mol. The zero-order valence-corrected chi connectivity index (χ0v) is 16.0. The van der Waals surface area contributed by atoms with E-state index in [0.29, 0.717) is 36.8 Å². The molecule has 0 aliphatic rings. The number of halogens is 2. The summed E-state index contributed by atoms with van der Waals surface area (Å²) in [5.41, 5.74) is 0.322. The molecule has 0 bridgehead atoms. The van der Waals surface area contributed by atoms with Crippen molar-refractivity contribution in [3.63, 3.8) is 0 Å². The largest absolute Gasteiger partial charge is 0.292 e. The maximum absolute atomic E-state index is 12.7. The first-order valence-electron chi connectivity index (χ1n) is 7.22. The van der Waals surface area contributed by atoms with Gasteiger partial charge < -0.3 is 0 Å². The van der Waals surface area contributed by atoms with Crippen LogP contribution in [-0.4, -0.2) is 21.1 Å². The molecule has 128 valence electrons. The van der Waals surface area contributed by atoms with Crippen molar-refractivity contribution in [2.45, 2.75) is 11.7 Å². The van der Waals surface area contributed by atoms with Crippen molar-refractivity contribution < 1.29 is 4.79 Å². The van der Waals surface area contributed by atoms with E-state index in [2.05, 4.69) is 11.6 Å². The normalized spacial score (nSPS) is 11.0. The smallest absolute Gasteiger partial charge is 0.262 e. The first-order chi connectivity index (χ1) is 12.0. The van der Waals surface area contributed by atoms with Gasteiger partial charge in [0.05, 0.1) is 25.9 Å². The third-order valence-electron chi connectivity index (χ3n) is 3.37. The van der Waals surface area contributed by atoms with E-state index in [1.807, 2.05) is 0 Å². The number of fused-ring (bicyclic) bond motifs is 1. The summed E-state index contributed by atoms with van der Waals surface area (Å²) in [5.74, 6) is 0.0967. The molecule has 0 aliphatic heterocycles. The summed E-state index contributed by atoms with van der Waals surface area (Å²) < 4.78 is 2.07. The summed E-state index contributed by atoms with van der Waals surface area (Å²) in [7, 11) is 0. The Kier molecular flexibility index (Phi) is 5.64. The molecule has 0 fully saturated rings. The maximum atomic E-state index is 12.7. The monoisotopic (exact) mass is 410 g/mol. The molecule has 3 aromatic rings. The number of hydrogen-bond donors (Lipinski definition) is 0. The van der Waals surface area contributed by atoms with Gasteiger partial charge in [0.25, 0.3) is 5.56 Å². The summed E-state index contributed by atoms with van der Waals surface area (Å²) in [6.45, 7) is 3.99. The van der Waals surface area contributed by atoms with Gasteiger partial charge in [0.15, 0.2) is 10.9 Å². The van der Waals surface area contributed by atoms with Gasteiger partial charge in [-0.2, -0.15) is 0 Å². The fourth-order valence-corrected chi connectivity index (χ4v) is 4.37. The summed E-state index contributed by atoms with van der Waals surface area (Å²) in [6, 6.07) is 8.33. The average Bonchev–Trinajstić information content (AvgIpc) is 3.02. The van der Waals surface area contributed by atoms with Crippen molar-refractivity contribution >= 4 is 63.0 Å². The molecule has 8 heteroatoms. The van der Waals surface area contributed by atoms with E-state index in [-0.39, 0.29) is 17.1 Å². The number of rotatable bonds is 6. The number of thioether (sulfide) groups is 1. The van der Waals surface area contributed by atoms with Crippen LogP contribution < -0.4 is 5.56 Å². The van der Waals surface area contributed by atoms with Crippen LogP contribution in [0.3, 0.4) is 0 Å². The topological polar surface area (TPSA) is 52.0 Å². The molecule has 0 unspecified atom stereocenters. The molecule has 2 heterocycles. The van der Waals surface area contributed by atoms with Crippen molar-refractivity contribution in [3.8, 4) is 0 Å². The summed E-state index contributed by atoms with van der Waals surface area (Å²) in [6.07, 6.45) is 1.62. The highest BCUT2D eigenvalue weighted by Gasteiger charge is 2.15. The van der Waals surface area contributed by atoms with Crippen LogP contribution >= 0.6 is 46.3 Å². The van der Waals surface area contributed by atoms with E-state index in [9.17, 15) is 9.59 Å². The molecule has 4 nitrogen and oxygen atoms in total. The van der Waals surface area contributed by atoms with E-state index in [1.165, 1.54) is 27.7 Å². The first kappa shape index (κ1) is 18.2. The quantitative estimate of drug-likeness (QED) is 0.250. The number of Topliss-reactive ketones (excluding diaryl/α,β-unsaturated/α-hetero) is 1. The standard InChI is InChI=1S/C17H12Cl2N2O2S2/c1-2-7-21-16(23)11-4-3-10(18)8-12(11)20-17(21)24-9-13(22)14-5-6-15(19)25-14/h2-6,8H,1,7,9H2. The number of benzene rings is 1. The lowest BCUT2D eigenvalue weighted by Crippen LogP contribution is -2.23. The van der Waals surface area contributed by atoms with E-state index in [4.69, 9.17) is 23.2 Å². The lowest BCUT2D eigenvalue weighted by atomic mass is 10.2. The molecule has 0 amide bonds. The van der Waals surface area contributed by atoms with Gasteiger partial charge in [-0.3, -0.25) is 14.2 Å². The Bertz CT molecular complexity index is 1030. The molecule has 0 aliphatic carbocycles. The Morgan fingerprint density at radius 1 is 1.32 bits per heavy atom. The Balaban J connectivity index is 1.96. The number of carbonyl (C=O) groups excluding carboxylic acids is 1. The molecule has 0 N–H and O–H groups in total. The van der Waals surface area contributed by atoms with Crippen LogP contribution in [0.5, 0.6) is 0 Å². The highest BCUT2D eigenvalue weighted by atomic mass is 35.5. The first-order valence-corrected chi connectivity index (χ1v) is 9.77. The minimum Gasteiger partial charge on any atom is -0.292 e. The number of nitrogens with zero attached hydrogens (tertiary/aromatic N) is 2. The molecule has 0 radical (unpaired) electrons. The van der Waals surface area contributed by atoms with Gasteiger partial charge in [-0.1, -0.05) is 41.0 Å². The maximum Gasteiger partial charge on any atom is 0.262 e. The number of hydrogen-bond acceptors (Lipinski definition) is 5. The third-order valence-corrected chi connectivity index (χ3v) is 5.86. The van der Waals surface area contributed by atoms with Crippen LogP contribution in [0.4, 0.5) is 0 Å². The van der Waals surface area contributed by atoms with Crippen molar-refractivity contribution in [3.05, 3.63) is 67.6 Å². The van der Waals surface area contributed by atoms with Crippen LogP contribution in [0.15, 0.2) is 52.9 Å². The SMILES string of the molecule is C=CCn1c(SCC(=O)c2ccc(Cl)s2)nc2cc(Cl)ccc2c1=O. The van der Waals surface area contributed by atoms with Gasteiger partial charge >= 0.3 is 0 Å². The van der Waals surface area contributed by atoms with Gasteiger partial charge in [-0.15, -0.1) is 17.9 Å². The van der Waals surface area contributed by atoms with E-state index < -0.39 is 0 Å². The Labute approximate surface area is 162 Å². The second-order valence-corrected chi connectivity index (χ2v) is 8.17. The van der Waals surface area contributed by atoms with Crippen LogP contribution in [-0.2, 0) is 6.54 Å². The predicted octanol–water partition coefficient (Wildman–Crippen LogP) is 4.93. The number of allylic oxidation sites excluding steroid dienone is 1. The average molecular weight is 411 g/mol. The van der Waals surface area contributed by atoms with Crippen LogP contribution in [0.25, 0.3) is 10.9 Å². The zero-order chi connectivity index (χ0) is 18.0. The van der Waals surface area contributed by atoms with Crippen molar-refractivity contribution in [2.75, 3.05) is 5.75 Å². The van der Waals surface area contributed by atoms with Crippen LogP contribution in [0.2, 0.25) is 9.36 Å². The van der Waals surface area contributed by atoms with Crippen molar-refractivity contribution in [2.24, 2.45) is 0 Å². The third kappa shape index (κ3) is 3.98. The summed E-state index contributed by atoms with van der Waals surface area (Å²) >= 11 is 14.3. The predicted molar refractivity (Wildman–Crippen MR) is 106 cm³/mol. The second-order valence-electron chi connectivity index (χ2n) is 5.08. The molecule has 25 heavy (non-hydrogen) atoms. The van der Waals surface area contributed by atoms with Gasteiger partial charge in [0, 0.05) is 11.6 Å². The Morgan fingerprint density at radius 2 is 2.12 bits per heavy atom. The highest BCUT2D eigenvalue weighted by Crippen LogP contribution is 2.25. The van der Waals surface area contributed by atoms with Crippen molar-refractivity contribution in [1.29, 1.82) is 0 Å². The second kappa shape index (κ2) is 7.74. The van der Waals surface area contributed by atoms with E-state index in [0.717, 1.165) is 0 Å². The lowest BCUT2D eigenvalue weighted by Gasteiger charge is -2.11. The molecule has 3 rings (SSSR count). The van der Waals surface area contributed by atoms with Crippen LogP contribution in [0.1, 0.15) is 9.67 Å². The molecule has 0 saturated heterocycles. The molecule has 1 aromatic carbocycles. The fraction of sp³-hybridized carbons (Fsp3) is 0.118. The van der Waals surface area contributed by atoms with E-state index in [1.54, 1.807) is 36.4 Å². The summed E-state index contributed by atoms with van der Waals surface area (Å²) in [4.78, 5) is 30.1. The molecule has 2 aromatic heterocycles. The highest BCUT2D eigenvalue weighted by molar-refractivity contribution is 7.99. The Morgan fingerprint density at radius 3 is 2.80 bits per heavy atom. The lowest BCUT2D eigenvalue weighted by molar-refractivity contribution is 0.102. The van der Waals surface area contributed by atoms with E-state index >= 15 is 0 Å². The zero-order valence-electron chi connectivity index (χ0n) is 12.9. The molecule has 0 saturated carbocycles. The molecule has 0 spiro atoms. The number of ketones is 1. The molecule has 0 atom stereocenters. The number of carbonyl (C=O) groups is 1. The molecular formula is C17H12Cl2N2O2S2. The number of aromatic nitrogens is 2. The minimum absolute atomic E-state index is 0.0625. The minimum atomic E-state index is -0.185. The summed E-state index contributed by atoms with van der Waals surface area (Å²) in [5, 5.41) is 1.43. The van der Waals surface area contributed by atoms with Crippen molar-refractivity contribution in [1.82, 2.24) is 9.55 Å². The van der Waals surface area contributed by atoms with Gasteiger partial charge in [-0.25, -0.2) is 4.98 Å². The van der Waals surface area contributed by atoms with Crippen LogP contribution in [0, 0.1) is 0 Å². The Hall–Kier alpha value is -1.60.